The van der Waals surface area contributed by atoms with Crippen LogP contribution in [-0.4, -0.2) is 37.8 Å². The number of carboxylic acid groups (broad SMARTS) is 1. The normalized spacial score (nSPS) is 13.7. The second-order valence-electron chi connectivity index (χ2n) is 5.24. The van der Waals surface area contributed by atoms with Crippen molar-refractivity contribution < 1.29 is 9.90 Å². The van der Waals surface area contributed by atoms with Crippen LogP contribution in [0.3, 0.4) is 0 Å². The summed E-state index contributed by atoms with van der Waals surface area (Å²) in [6.07, 6.45) is 13.6. The van der Waals surface area contributed by atoms with E-state index in [1.165, 1.54) is 43.9 Å². The molecule has 1 aromatic heterocycles. The highest BCUT2D eigenvalue weighted by atomic mass is 32.2. The number of aromatic nitrogens is 2. The van der Waals surface area contributed by atoms with Crippen molar-refractivity contribution in [2.45, 2.75) is 67.5 Å². The van der Waals surface area contributed by atoms with Crippen LogP contribution in [0.25, 0.3) is 0 Å². The molecule has 0 aliphatic heterocycles. The van der Waals surface area contributed by atoms with Crippen LogP contribution in [-0.2, 0) is 4.79 Å². The molecule has 6 heteroatoms. The van der Waals surface area contributed by atoms with Crippen molar-refractivity contribution in [3.05, 3.63) is 18.5 Å². The first-order valence-electron chi connectivity index (χ1n) is 7.88. The Balaban J connectivity index is 2.46. The summed E-state index contributed by atoms with van der Waals surface area (Å²) in [7, 11) is 0. The number of aliphatic carboxylic acids is 1. The zero-order chi connectivity index (χ0) is 16.2. The smallest absolute Gasteiger partial charge is 0.318 e. The van der Waals surface area contributed by atoms with Crippen molar-refractivity contribution >= 4 is 29.5 Å². The van der Waals surface area contributed by atoms with Crippen LogP contribution in [0.1, 0.15) is 51.9 Å². The summed E-state index contributed by atoms with van der Waals surface area (Å²) in [5, 5.41) is 9.66. The lowest BCUT2D eigenvalue weighted by atomic mass is 10.1. The minimum Gasteiger partial charge on any atom is -0.480 e. The maximum atomic E-state index is 11.6. The van der Waals surface area contributed by atoms with Gasteiger partial charge in [-0.25, -0.2) is 9.97 Å². The summed E-state index contributed by atoms with van der Waals surface area (Å²) in [5.41, 5.74) is 0. The van der Waals surface area contributed by atoms with Gasteiger partial charge in [0.15, 0.2) is 5.16 Å². The first-order chi connectivity index (χ1) is 10.7. The highest BCUT2D eigenvalue weighted by molar-refractivity contribution is 8.03. The van der Waals surface area contributed by atoms with E-state index in [2.05, 4.69) is 16.9 Å². The lowest BCUT2D eigenvalue weighted by molar-refractivity contribution is -0.136. The molecule has 1 heterocycles. The van der Waals surface area contributed by atoms with E-state index in [0.717, 1.165) is 12.8 Å². The second-order valence-corrected chi connectivity index (χ2v) is 7.42. The highest BCUT2D eigenvalue weighted by Crippen LogP contribution is 2.31. The van der Waals surface area contributed by atoms with Gasteiger partial charge in [0.1, 0.15) is 5.25 Å². The molecular weight excluding hydrogens is 316 g/mol. The predicted octanol–water partition coefficient (Wildman–Crippen LogP) is 4.50. The largest absolute Gasteiger partial charge is 0.480 e. The number of nitrogens with zero attached hydrogens (tertiary/aromatic N) is 2. The Morgan fingerprint density at radius 3 is 2.41 bits per heavy atom. The maximum absolute atomic E-state index is 11.6. The van der Waals surface area contributed by atoms with Gasteiger partial charge in [0.25, 0.3) is 0 Å². The maximum Gasteiger partial charge on any atom is 0.318 e. The number of hydrogen-bond acceptors (Lipinski definition) is 5. The van der Waals surface area contributed by atoms with Crippen LogP contribution < -0.4 is 0 Å². The topological polar surface area (TPSA) is 63.1 Å². The molecule has 2 unspecified atom stereocenters. The van der Waals surface area contributed by atoms with Crippen molar-refractivity contribution in [3.8, 4) is 0 Å². The molecule has 1 aromatic rings. The molecule has 1 N–H and O–H groups in total. The van der Waals surface area contributed by atoms with Crippen molar-refractivity contribution in [3.63, 3.8) is 0 Å². The number of carboxylic acids is 1. The summed E-state index contributed by atoms with van der Waals surface area (Å²) >= 11 is 2.90. The van der Waals surface area contributed by atoms with Crippen LogP contribution in [0.5, 0.6) is 0 Å². The number of thioether (sulfide) groups is 2. The monoisotopic (exact) mass is 342 g/mol. The summed E-state index contributed by atoms with van der Waals surface area (Å²) in [4.78, 5) is 19.8. The molecule has 4 nitrogen and oxygen atoms in total. The average molecular weight is 343 g/mol. The molecule has 124 valence electrons. The fraction of sp³-hybridized carbons (Fsp3) is 0.688. The number of unbranched alkanes of at least 4 members (excludes halogenated alkanes) is 5. The molecule has 0 spiro atoms. The fourth-order valence-electron chi connectivity index (χ4n) is 2.26. The van der Waals surface area contributed by atoms with Gasteiger partial charge in [-0.05, 0) is 18.7 Å². The van der Waals surface area contributed by atoms with Gasteiger partial charge < -0.3 is 5.11 Å². The SMILES string of the molecule is CCCCCCCCC(SC)C(Sc1ncccn1)C(=O)O. The Labute approximate surface area is 141 Å². The second kappa shape index (κ2) is 11.8. The van der Waals surface area contributed by atoms with Gasteiger partial charge in [-0.3, -0.25) is 4.79 Å². The summed E-state index contributed by atoms with van der Waals surface area (Å²) in [6, 6.07) is 1.74. The van der Waals surface area contributed by atoms with Gasteiger partial charge in [0, 0.05) is 17.6 Å². The van der Waals surface area contributed by atoms with Gasteiger partial charge in [0.2, 0.25) is 0 Å². The third-order valence-corrected chi connectivity index (χ3v) is 5.99. The van der Waals surface area contributed by atoms with Gasteiger partial charge in [-0.1, -0.05) is 57.2 Å². The number of hydrogen-bond donors (Lipinski definition) is 1. The van der Waals surface area contributed by atoms with E-state index >= 15 is 0 Å². The van der Waals surface area contributed by atoms with Crippen molar-refractivity contribution in [1.82, 2.24) is 9.97 Å². The van der Waals surface area contributed by atoms with Crippen molar-refractivity contribution in [1.29, 1.82) is 0 Å². The minimum absolute atomic E-state index is 0.0949. The van der Waals surface area contributed by atoms with E-state index in [-0.39, 0.29) is 5.25 Å². The van der Waals surface area contributed by atoms with Gasteiger partial charge in [-0.2, -0.15) is 11.8 Å². The first kappa shape index (κ1) is 19.3. The fourth-order valence-corrected chi connectivity index (χ4v) is 4.39. The van der Waals surface area contributed by atoms with Crippen LogP contribution in [0.4, 0.5) is 0 Å². The minimum atomic E-state index is -0.775. The zero-order valence-electron chi connectivity index (χ0n) is 13.4. The molecule has 0 aliphatic rings. The zero-order valence-corrected chi connectivity index (χ0v) is 15.0. The number of carbonyl (C=O) groups is 1. The molecule has 0 bridgehead atoms. The molecule has 0 saturated carbocycles. The van der Waals surface area contributed by atoms with E-state index in [1.807, 2.05) is 6.26 Å². The third-order valence-electron chi connectivity index (χ3n) is 3.50. The van der Waals surface area contributed by atoms with Gasteiger partial charge in [-0.15, -0.1) is 0 Å². The number of rotatable bonds is 12. The Kier molecular flexibility index (Phi) is 10.3. The molecule has 0 aliphatic carbocycles. The first-order valence-corrected chi connectivity index (χ1v) is 10.0. The molecule has 0 aromatic carbocycles. The Morgan fingerprint density at radius 2 is 1.82 bits per heavy atom. The van der Waals surface area contributed by atoms with Crippen molar-refractivity contribution in [2.75, 3.05) is 6.26 Å². The van der Waals surface area contributed by atoms with E-state index in [9.17, 15) is 9.90 Å². The standard InChI is InChI=1S/C16H26N2O2S2/c1-3-4-5-6-7-8-10-13(21-2)14(15(19)20)22-16-17-11-9-12-18-16/h9,11-14H,3-8,10H2,1-2H3,(H,19,20). The predicted molar refractivity (Wildman–Crippen MR) is 94.6 cm³/mol. The lowest BCUT2D eigenvalue weighted by Gasteiger charge is -2.21. The van der Waals surface area contributed by atoms with E-state index < -0.39 is 11.2 Å². The van der Waals surface area contributed by atoms with Crippen LogP contribution in [0, 0.1) is 0 Å². The van der Waals surface area contributed by atoms with Crippen LogP contribution >= 0.6 is 23.5 Å². The molecule has 0 saturated heterocycles. The van der Waals surface area contributed by atoms with Gasteiger partial charge >= 0.3 is 5.97 Å². The third kappa shape index (κ3) is 7.49. The molecule has 0 radical (unpaired) electrons. The van der Waals surface area contributed by atoms with Gasteiger partial charge in [0.05, 0.1) is 0 Å². The molecule has 0 amide bonds. The van der Waals surface area contributed by atoms with Crippen molar-refractivity contribution in [2.24, 2.45) is 0 Å². The molecule has 1 rings (SSSR count). The molecular formula is C16H26N2O2S2. The van der Waals surface area contributed by atoms with Crippen LogP contribution in [0.2, 0.25) is 0 Å². The lowest BCUT2D eigenvalue weighted by Crippen LogP contribution is -2.29. The Hall–Kier alpha value is -0.750. The summed E-state index contributed by atoms with van der Waals surface area (Å²) < 4.78 is 0. The Morgan fingerprint density at radius 1 is 1.18 bits per heavy atom. The van der Waals surface area contributed by atoms with E-state index in [4.69, 9.17) is 0 Å². The molecule has 2 atom stereocenters. The molecule has 0 fully saturated rings. The average Bonchev–Trinajstić information content (AvgIpc) is 2.53. The van der Waals surface area contributed by atoms with Crippen LogP contribution in [0.15, 0.2) is 23.6 Å². The molecule has 22 heavy (non-hydrogen) atoms. The summed E-state index contributed by atoms with van der Waals surface area (Å²) in [5.74, 6) is -0.775. The Bertz CT molecular complexity index is 418. The van der Waals surface area contributed by atoms with E-state index in [0.29, 0.717) is 5.16 Å². The quantitative estimate of drug-likeness (QED) is 0.343. The highest BCUT2D eigenvalue weighted by Gasteiger charge is 2.29. The van der Waals surface area contributed by atoms with E-state index in [1.54, 1.807) is 30.2 Å². The summed E-state index contributed by atoms with van der Waals surface area (Å²) in [6.45, 7) is 2.21.